The van der Waals surface area contributed by atoms with Crippen molar-refractivity contribution in [1.82, 2.24) is 0 Å². The quantitative estimate of drug-likeness (QED) is 0.545. The highest BCUT2D eigenvalue weighted by Gasteiger charge is 2.30. The molecule has 1 aromatic rings. The summed E-state index contributed by atoms with van der Waals surface area (Å²) in [5, 5.41) is 8.59. The Kier molecular flexibility index (Phi) is 6.44. The van der Waals surface area contributed by atoms with Crippen molar-refractivity contribution in [3.05, 3.63) is 47.8 Å². The second-order valence-electron chi connectivity index (χ2n) is 7.56. The summed E-state index contributed by atoms with van der Waals surface area (Å²) in [6, 6.07) is 8.78. The lowest BCUT2D eigenvalue weighted by atomic mass is 9.78. The van der Waals surface area contributed by atoms with Crippen LogP contribution in [0.15, 0.2) is 36.4 Å². The van der Waals surface area contributed by atoms with Crippen LogP contribution < -0.4 is 0 Å². The maximum atomic E-state index is 13.1. The molecule has 2 saturated carbocycles. The Hall–Kier alpha value is -2.15. The van der Waals surface area contributed by atoms with Crippen molar-refractivity contribution >= 4 is 5.97 Å². The molecule has 0 unspecified atom stereocenters. The van der Waals surface area contributed by atoms with Crippen molar-refractivity contribution in [2.24, 2.45) is 11.8 Å². The molecule has 0 atom stereocenters. The van der Waals surface area contributed by atoms with Gasteiger partial charge in [-0.05, 0) is 80.9 Å². The Labute approximate surface area is 154 Å². The number of nitriles is 1. The summed E-state index contributed by atoms with van der Waals surface area (Å²) < 4.78 is 18.8. The second kappa shape index (κ2) is 8.98. The number of rotatable bonds is 4. The number of ether oxygens (including phenoxy) is 1. The molecule has 4 heteroatoms. The normalized spacial score (nSPS) is 29.2. The van der Waals surface area contributed by atoms with Gasteiger partial charge in [0.2, 0.25) is 0 Å². The predicted molar refractivity (Wildman–Crippen MR) is 97.7 cm³/mol. The number of benzene rings is 1. The van der Waals surface area contributed by atoms with E-state index in [1.165, 1.54) is 17.7 Å². The van der Waals surface area contributed by atoms with E-state index in [2.05, 4.69) is 0 Å². The van der Waals surface area contributed by atoms with Crippen molar-refractivity contribution < 1.29 is 13.9 Å². The van der Waals surface area contributed by atoms with E-state index in [4.69, 9.17) is 10.00 Å². The molecule has 2 fully saturated rings. The van der Waals surface area contributed by atoms with Crippen LogP contribution in [0.5, 0.6) is 0 Å². The minimum atomic E-state index is -0.205. The van der Waals surface area contributed by atoms with Crippen LogP contribution in [0.25, 0.3) is 0 Å². The van der Waals surface area contributed by atoms with Crippen LogP contribution >= 0.6 is 0 Å². The minimum Gasteiger partial charge on any atom is -0.462 e. The molecule has 1 aromatic carbocycles. The fourth-order valence-electron chi connectivity index (χ4n) is 4.24. The maximum Gasteiger partial charge on any atom is 0.309 e. The summed E-state index contributed by atoms with van der Waals surface area (Å²) in [6.45, 7) is 0. The second-order valence-corrected chi connectivity index (χ2v) is 7.56. The van der Waals surface area contributed by atoms with Gasteiger partial charge in [0, 0.05) is 6.08 Å². The summed E-state index contributed by atoms with van der Waals surface area (Å²) in [4.78, 5) is 12.5. The number of carbonyl (C=O) groups excluding carboxylic acids is 1. The summed E-state index contributed by atoms with van der Waals surface area (Å²) in [6.07, 6.45) is 10.9. The Bertz CT molecular complexity index is 660. The monoisotopic (exact) mass is 355 g/mol. The number of hydrogen-bond donors (Lipinski definition) is 0. The lowest BCUT2D eigenvalue weighted by molar-refractivity contribution is -0.157. The minimum absolute atomic E-state index is 0.00269. The van der Waals surface area contributed by atoms with Crippen LogP contribution in [0.1, 0.15) is 62.8 Å². The molecule has 0 aliphatic heterocycles. The standard InChI is InChI=1S/C22H26FNO2/c23-20-11-9-18(10-12-20)17-5-7-19(8-6-17)22(25)26-21-13-3-16(4-14-21)2-1-15-24/h1-2,9-12,16-17,19,21H,3-8,13-14H2/b2-1+. The lowest BCUT2D eigenvalue weighted by Crippen LogP contribution is -2.29. The summed E-state index contributed by atoms with van der Waals surface area (Å²) in [5.41, 5.74) is 1.17. The summed E-state index contributed by atoms with van der Waals surface area (Å²) >= 11 is 0. The van der Waals surface area contributed by atoms with Gasteiger partial charge in [-0.15, -0.1) is 0 Å². The number of esters is 1. The number of carbonyl (C=O) groups is 1. The zero-order chi connectivity index (χ0) is 18.4. The van der Waals surface area contributed by atoms with Gasteiger partial charge in [-0.1, -0.05) is 18.2 Å². The third-order valence-electron chi connectivity index (χ3n) is 5.85. The van der Waals surface area contributed by atoms with Crippen LogP contribution in [0, 0.1) is 29.0 Å². The summed E-state index contributed by atoms with van der Waals surface area (Å²) in [5.74, 6) is 0.614. The van der Waals surface area contributed by atoms with E-state index < -0.39 is 0 Å². The molecule has 2 aliphatic rings. The van der Waals surface area contributed by atoms with Gasteiger partial charge in [0.25, 0.3) is 0 Å². The zero-order valence-electron chi connectivity index (χ0n) is 15.1. The van der Waals surface area contributed by atoms with Crippen LogP contribution in [-0.4, -0.2) is 12.1 Å². The molecule has 0 N–H and O–H groups in total. The first-order chi connectivity index (χ1) is 12.7. The molecule has 0 heterocycles. The molecule has 138 valence electrons. The molecule has 3 nitrogen and oxygen atoms in total. The first-order valence-electron chi connectivity index (χ1n) is 9.68. The predicted octanol–water partition coefficient (Wildman–Crippen LogP) is 5.28. The number of allylic oxidation sites excluding steroid dienone is 2. The molecule has 3 rings (SSSR count). The SMILES string of the molecule is N#C/C=C/C1CCC(OC(=O)C2CCC(c3ccc(F)cc3)CC2)CC1. The van der Waals surface area contributed by atoms with Gasteiger partial charge < -0.3 is 4.74 Å². The highest BCUT2D eigenvalue weighted by Crippen LogP contribution is 2.37. The molecule has 0 aromatic heterocycles. The van der Waals surface area contributed by atoms with Crippen LogP contribution in [0.4, 0.5) is 4.39 Å². The topological polar surface area (TPSA) is 50.1 Å². The van der Waals surface area contributed by atoms with Gasteiger partial charge in [-0.3, -0.25) is 4.79 Å². The van der Waals surface area contributed by atoms with Crippen molar-refractivity contribution in [1.29, 1.82) is 5.26 Å². The fraction of sp³-hybridized carbons (Fsp3) is 0.545. The largest absolute Gasteiger partial charge is 0.462 e. The van der Waals surface area contributed by atoms with Crippen LogP contribution in [0.2, 0.25) is 0 Å². The van der Waals surface area contributed by atoms with Gasteiger partial charge in [0.1, 0.15) is 11.9 Å². The van der Waals surface area contributed by atoms with E-state index in [9.17, 15) is 9.18 Å². The first kappa shape index (κ1) is 18.6. The fourth-order valence-corrected chi connectivity index (χ4v) is 4.24. The maximum absolute atomic E-state index is 13.1. The highest BCUT2D eigenvalue weighted by molar-refractivity contribution is 5.72. The molecule has 0 saturated heterocycles. The Morgan fingerprint density at radius 3 is 2.31 bits per heavy atom. The highest BCUT2D eigenvalue weighted by atomic mass is 19.1. The van der Waals surface area contributed by atoms with E-state index in [-0.39, 0.29) is 23.8 Å². The van der Waals surface area contributed by atoms with Gasteiger partial charge in [0.15, 0.2) is 0 Å². The van der Waals surface area contributed by atoms with E-state index in [0.29, 0.717) is 11.8 Å². The molecule has 0 amide bonds. The molecule has 0 radical (unpaired) electrons. The van der Waals surface area contributed by atoms with Crippen molar-refractivity contribution in [3.8, 4) is 6.07 Å². The van der Waals surface area contributed by atoms with Gasteiger partial charge in [-0.2, -0.15) is 5.26 Å². The van der Waals surface area contributed by atoms with Crippen molar-refractivity contribution in [2.45, 2.75) is 63.4 Å². The first-order valence-corrected chi connectivity index (χ1v) is 9.68. The molecular formula is C22H26FNO2. The molecule has 0 bridgehead atoms. The van der Waals surface area contributed by atoms with E-state index in [0.717, 1.165) is 51.4 Å². The van der Waals surface area contributed by atoms with E-state index in [1.807, 2.05) is 24.3 Å². The lowest BCUT2D eigenvalue weighted by Gasteiger charge is -2.31. The number of nitrogens with zero attached hydrogens (tertiary/aromatic N) is 1. The zero-order valence-corrected chi connectivity index (χ0v) is 15.1. The van der Waals surface area contributed by atoms with Crippen molar-refractivity contribution in [3.63, 3.8) is 0 Å². The number of halogens is 1. The average Bonchev–Trinajstić information content (AvgIpc) is 2.68. The third-order valence-corrected chi connectivity index (χ3v) is 5.85. The summed E-state index contributed by atoms with van der Waals surface area (Å²) in [7, 11) is 0. The third kappa shape index (κ3) is 4.94. The molecule has 2 aliphatic carbocycles. The van der Waals surface area contributed by atoms with Crippen LogP contribution in [-0.2, 0) is 9.53 Å². The van der Waals surface area contributed by atoms with Gasteiger partial charge >= 0.3 is 5.97 Å². The smallest absolute Gasteiger partial charge is 0.309 e. The van der Waals surface area contributed by atoms with Gasteiger partial charge in [0.05, 0.1) is 12.0 Å². The Morgan fingerprint density at radius 2 is 1.69 bits per heavy atom. The van der Waals surface area contributed by atoms with E-state index >= 15 is 0 Å². The van der Waals surface area contributed by atoms with Crippen molar-refractivity contribution in [2.75, 3.05) is 0 Å². The molecular weight excluding hydrogens is 329 g/mol. The average molecular weight is 355 g/mol. The Morgan fingerprint density at radius 1 is 1.04 bits per heavy atom. The van der Waals surface area contributed by atoms with Gasteiger partial charge in [-0.25, -0.2) is 4.39 Å². The van der Waals surface area contributed by atoms with E-state index in [1.54, 1.807) is 6.08 Å². The molecule has 0 spiro atoms. The number of hydrogen-bond acceptors (Lipinski definition) is 3. The Balaban J connectivity index is 1.42. The molecule has 26 heavy (non-hydrogen) atoms. The van der Waals surface area contributed by atoms with Crippen LogP contribution in [0.3, 0.4) is 0 Å².